The van der Waals surface area contributed by atoms with Crippen molar-refractivity contribution in [2.45, 2.75) is 51.5 Å². The summed E-state index contributed by atoms with van der Waals surface area (Å²) in [6, 6.07) is 6.63. The van der Waals surface area contributed by atoms with Crippen LogP contribution in [0.1, 0.15) is 48.2 Å². The molecular weight excluding hydrogens is 485 g/mol. The van der Waals surface area contributed by atoms with Crippen LogP contribution in [-0.2, 0) is 12.7 Å². The van der Waals surface area contributed by atoms with E-state index in [1.807, 2.05) is 19.9 Å². The van der Waals surface area contributed by atoms with Crippen LogP contribution in [0.25, 0.3) is 0 Å². The molecule has 1 atom stereocenters. The number of aryl methyl sites for hydroxylation is 1. The van der Waals surface area contributed by atoms with Crippen LogP contribution in [0.5, 0.6) is 5.88 Å². The molecule has 0 bridgehead atoms. The molecule has 0 radical (unpaired) electrons. The van der Waals surface area contributed by atoms with E-state index in [0.717, 1.165) is 23.0 Å². The fourth-order valence-corrected chi connectivity index (χ4v) is 5.52. The maximum absolute atomic E-state index is 13.9. The molecule has 0 unspecified atom stereocenters. The third-order valence-electron chi connectivity index (χ3n) is 7.34. The molecule has 0 aliphatic carbocycles. The van der Waals surface area contributed by atoms with Crippen molar-refractivity contribution in [2.75, 3.05) is 30.0 Å². The summed E-state index contributed by atoms with van der Waals surface area (Å²) >= 11 is 0. The molecule has 2 amide bonds. The van der Waals surface area contributed by atoms with Gasteiger partial charge in [0.2, 0.25) is 5.88 Å². The Labute approximate surface area is 213 Å². The molecule has 2 aromatic heterocycles. The van der Waals surface area contributed by atoms with Crippen LogP contribution < -0.4 is 14.5 Å². The van der Waals surface area contributed by atoms with Gasteiger partial charge in [0, 0.05) is 25.3 Å². The summed E-state index contributed by atoms with van der Waals surface area (Å²) in [6.07, 6.45) is 0.108. The van der Waals surface area contributed by atoms with E-state index >= 15 is 0 Å². The summed E-state index contributed by atoms with van der Waals surface area (Å²) in [7, 11) is 1.60. The Bertz CT molecular complexity index is 1290. The summed E-state index contributed by atoms with van der Waals surface area (Å²) in [5.74, 6) is 0.567. The first-order chi connectivity index (χ1) is 17.7. The number of halogens is 3. The molecule has 4 heterocycles. The predicted molar refractivity (Wildman–Crippen MR) is 133 cm³/mol. The van der Waals surface area contributed by atoms with Crippen molar-refractivity contribution in [1.29, 1.82) is 0 Å². The molecule has 1 N–H and O–H groups in total. The summed E-state index contributed by atoms with van der Waals surface area (Å²) in [5.41, 5.74) is 2.54. The minimum Gasteiger partial charge on any atom is -0.480 e. The summed E-state index contributed by atoms with van der Waals surface area (Å²) in [5, 5.41) is 7.09. The Kier molecular flexibility index (Phi) is 6.47. The summed E-state index contributed by atoms with van der Waals surface area (Å²) in [6.45, 7) is 5.12. The van der Waals surface area contributed by atoms with Gasteiger partial charge in [0.15, 0.2) is 0 Å². The number of H-pyrrole nitrogens is 1. The van der Waals surface area contributed by atoms with E-state index in [1.54, 1.807) is 24.3 Å². The highest BCUT2D eigenvalue weighted by atomic mass is 19.4. The first kappa shape index (κ1) is 24.9. The molecule has 5 rings (SSSR count). The number of nitrogens with zero attached hydrogens (tertiary/aromatic N) is 5. The van der Waals surface area contributed by atoms with Crippen molar-refractivity contribution in [3.8, 4) is 5.88 Å². The van der Waals surface area contributed by atoms with E-state index in [9.17, 15) is 18.0 Å². The topological polar surface area (TPSA) is 77.6 Å². The van der Waals surface area contributed by atoms with Gasteiger partial charge in [-0.25, -0.2) is 9.78 Å². The lowest BCUT2D eigenvalue weighted by Crippen LogP contribution is -2.55. The third kappa shape index (κ3) is 4.47. The van der Waals surface area contributed by atoms with Gasteiger partial charge in [-0.05, 0) is 49.9 Å². The molecule has 3 aromatic rings. The number of ether oxygens (including phenoxy) is 1. The second-order valence-corrected chi connectivity index (χ2v) is 9.48. The quantitative estimate of drug-likeness (QED) is 0.499. The van der Waals surface area contributed by atoms with Crippen LogP contribution in [0, 0.1) is 6.92 Å². The van der Waals surface area contributed by atoms with Gasteiger partial charge < -0.3 is 14.5 Å². The van der Waals surface area contributed by atoms with E-state index < -0.39 is 11.7 Å². The largest absolute Gasteiger partial charge is 0.480 e. The number of hydrogen-bond acceptors (Lipinski definition) is 5. The van der Waals surface area contributed by atoms with Gasteiger partial charge in [0.05, 0.1) is 42.8 Å². The molecule has 11 heteroatoms. The third-order valence-corrected chi connectivity index (χ3v) is 7.34. The van der Waals surface area contributed by atoms with Crippen molar-refractivity contribution >= 4 is 17.4 Å². The molecule has 2 aliphatic heterocycles. The number of nitrogens with one attached hydrogen (secondary N) is 1. The van der Waals surface area contributed by atoms with Crippen LogP contribution in [0.15, 0.2) is 42.7 Å². The van der Waals surface area contributed by atoms with Crippen LogP contribution in [0.3, 0.4) is 0 Å². The number of carbonyl (C=O) groups is 1. The second-order valence-electron chi connectivity index (χ2n) is 9.48. The lowest BCUT2D eigenvalue weighted by molar-refractivity contribution is -0.138. The van der Waals surface area contributed by atoms with Gasteiger partial charge in [0.1, 0.15) is 5.69 Å². The Morgan fingerprint density at radius 2 is 1.89 bits per heavy atom. The molecule has 37 heavy (non-hydrogen) atoms. The lowest BCUT2D eigenvalue weighted by atomic mass is 9.97. The zero-order valence-corrected chi connectivity index (χ0v) is 20.9. The second kappa shape index (κ2) is 9.60. The Morgan fingerprint density at radius 1 is 1.16 bits per heavy atom. The van der Waals surface area contributed by atoms with Crippen molar-refractivity contribution in [2.24, 2.45) is 0 Å². The fourth-order valence-electron chi connectivity index (χ4n) is 5.52. The minimum absolute atomic E-state index is 0.0407. The maximum Gasteiger partial charge on any atom is 0.416 e. The van der Waals surface area contributed by atoms with Gasteiger partial charge in [0.25, 0.3) is 0 Å². The molecular formula is C26H29F3N6O2. The van der Waals surface area contributed by atoms with E-state index in [1.165, 1.54) is 23.2 Å². The monoisotopic (exact) mass is 514 g/mol. The number of methoxy groups -OCH3 is 1. The Balaban J connectivity index is 1.40. The smallest absolute Gasteiger partial charge is 0.416 e. The van der Waals surface area contributed by atoms with E-state index in [0.29, 0.717) is 37.5 Å². The number of amides is 2. The van der Waals surface area contributed by atoms with Crippen molar-refractivity contribution < 1.29 is 22.7 Å². The van der Waals surface area contributed by atoms with E-state index in [2.05, 4.69) is 20.1 Å². The number of aromatic nitrogens is 3. The zero-order valence-electron chi connectivity index (χ0n) is 20.9. The van der Waals surface area contributed by atoms with Crippen molar-refractivity contribution in [3.63, 3.8) is 0 Å². The van der Waals surface area contributed by atoms with Crippen molar-refractivity contribution in [1.82, 2.24) is 20.1 Å². The number of pyridine rings is 1. The maximum atomic E-state index is 13.9. The molecule has 0 spiro atoms. The molecule has 196 valence electrons. The van der Waals surface area contributed by atoms with Crippen LogP contribution in [0.2, 0.25) is 0 Å². The molecule has 1 saturated heterocycles. The summed E-state index contributed by atoms with van der Waals surface area (Å²) < 4.78 is 46.5. The molecule has 1 aromatic carbocycles. The predicted octanol–water partition coefficient (Wildman–Crippen LogP) is 5.31. The standard InChI is InChI=1S/C26H29F3N6O2/c1-16-8-11-30-24(37-3)23(16)33-12-9-19(10-13-33)35-17(2)22-21(14-31-32-22)34(25(35)36)15-18-6-4-5-7-20(18)26(27,28)29/h4-8,11,14,17,19H,9-10,12-13,15H2,1-3H3,(H,31,32)/t17-/m0/s1. The minimum atomic E-state index is -4.51. The van der Waals surface area contributed by atoms with Gasteiger partial charge in [-0.15, -0.1) is 0 Å². The number of anilines is 2. The molecule has 0 saturated carbocycles. The number of carbonyl (C=O) groups excluding carboxylic acids is 1. The lowest BCUT2D eigenvalue weighted by Gasteiger charge is -2.46. The Hall–Kier alpha value is -3.76. The number of hydrogen-bond donors (Lipinski definition) is 1. The van der Waals surface area contributed by atoms with Gasteiger partial charge in [-0.2, -0.15) is 18.3 Å². The first-order valence-corrected chi connectivity index (χ1v) is 12.2. The number of fused-ring (bicyclic) bond motifs is 1. The van der Waals surface area contributed by atoms with Gasteiger partial charge in [-0.1, -0.05) is 18.2 Å². The highest BCUT2D eigenvalue weighted by Crippen LogP contribution is 2.41. The normalized spacial score (nSPS) is 18.8. The zero-order chi connectivity index (χ0) is 26.3. The van der Waals surface area contributed by atoms with Crippen LogP contribution >= 0.6 is 0 Å². The fraction of sp³-hybridized carbons (Fsp3) is 0.423. The molecule has 2 aliphatic rings. The van der Waals surface area contributed by atoms with Crippen LogP contribution in [0.4, 0.5) is 29.3 Å². The van der Waals surface area contributed by atoms with E-state index in [4.69, 9.17) is 4.74 Å². The average Bonchev–Trinajstić information content (AvgIpc) is 3.37. The summed E-state index contributed by atoms with van der Waals surface area (Å²) in [4.78, 5) is 23.6. The van der Waals surface area contributed by atoms with Gasteiger partial charge in [-0.3, -0.25) is 10.00 Å². The average molecular weight is 515 g/mol. The van der Waals surface area contributed by atoms with E-state index in [-0.39, 0.29) is 30.2 Å². The number of aromatic amines is 1. The first-order valence-electron chi connectivity index (χ1n) is 12.2. The highest BCUT2D eigenvalue weighted by Gasteiger charge is 2.42. The molecule has 8 nitrogen and oxygen atoms in total. The van der Waals surface area contributed by atoms with Gasteiger partial charge >= 0.3 is 12.2 Å². The SMILES string of the molecule is COc1nccc(C)c1N1CCC(N2C(=O)N(Cc3ccccc3C(F)(F)F)c3cn[nH]c3[C@@H]2C)CC1. The number of benzene rings is 1. The number of piperidine rings is 1. The van der Waals surface area contributed by atoms with Crippen molar-refractivity contribution in [3.05, 3.63) is 65.1 Å². The molecule has 1 fully saturated rings. The van der Waals surface area contributed by atoms with Crippen LogP contribution in [-0.4, -0.2) is 52.4 Å². The number of rotatable bonds is 5. The number of urea groups is 1. The number of alkyl halides is 3. The highest BCUT2D eigenvalue weighted by molar-refractivity contribution is 5.95. The Morgan fingerprint density at radius 3 is 2.59 bits per heavy atom.